The summed E-state index contributed by atoms with van der Waals surface area (Å²) in [4.78, 5) is 11.8. The molecule has 0 bridgehead atoms. The van der Waals surface area contributed by atoms with Crippen molar-refractivity contribution in [2.75, 3.05) is 7.11 Å². The monoisotopic (exact) mass is 180 g/mol. The number of ether oxygens (including phenoxy) is 1. The average molecular weight is 180 g/mol. The Hall–Kier alpha value is -1.65. The van der Waals surface area contributed by atoms with E-state index < -0.39 is 0 Å². The molecule has 0 spiro atoms. The molecule has 0 aromatic carbocycles. The average Bonchev–Trinajstić information content (AvgIpc) is 2.19. The molecule has 1 heterocycles. The third-order valence-corrected chi connectivity index (χ3v) is 1.43. The van der Waals surface area contributed by atoms with Crippen LogP contribution in [0, 0.1) is 0 Å². The highest BCUT2D eigenvalue weighted by molar-refractivity contribution is 5.82. The summed E-state index contributed by atoms with van der Waals surface area (Å²) in [6.45, 7) is 1.93. The lowest BCUT2D eigenvalue weighted by atomic mass is 10.4. The van der Waals surface area contributed by atoms with E-state index in [1.807, 2.05) is 6.92 Å². The third-order valence-electron chi connectivity index (χ3n) is 1.43. The molecule has 70 valence electrons. The molecule has 1 aromatic heterocycles. The Balaban J connectivity index is 2.80. The van der Waals surface area contributed by atoms with Gasteiger partial charge >= 0.3 is 6.01 Å². The standard InChI is InChI=1S/C8H12N4O/c1-3-7(9)12-6-4-10-8(13-2)11-5-6/h4-5H,3H2,1-2H3,(H2,9,12). The van der Waals surface area contributed by atoms with E-state index in [1.165, 1.54) is 7.11 Å². The van der Waals surface area contributed by atoms with Crippen molar-refractivity contribution >= 4 is 11.5 Å². The summed E-state index contributed by atoms with van der Waals surface area (Å²) in [5.41, 5.74) is 6.18. The highest BCUT2D eigenvalue weighted by Gasteiger charge is 1.95. The lowest BCUT2D eigenvalue weighted by Gasteiger charge is -1.97. The van der Waals surface area contributed by atoms with E-state index in [2.05, 4.69) is 15.0 Å². The van der Waals surface area contributed by atoms with Crippen molar-refractivity contribution in [2.45, 2.75) is 13.3 Å². The van der Waals surface area contributed by atoms with Gasteiger partial charge in [0.1, 0.15) is 5.69 Å². The fraction of sp³-hybridized carbons (Fsp3) is 0.375. The van der Waals surface area contributed by atoms with Gasteiger partial charge in [0.05, 0.1) is 25.3 Å². The van der Waals surface area contributed by atoms with Crippen LogP contribution in [-0.2, 0) is 0 Å². The zero-order chi connectivity index (χ0) is 9.68. The molecule has 2 N–H and O–H groups in total. The number of hydrogen-bond acceptors (Lipinski definition) is 4. The Bertz CT molecular complexity index is 294. The minimum Gasteiger partial charge on any atom is -0.467 e. The number of aliphatic imine (C=N–C) groups is 1. The molecule has 13 heavy (non-hydrogen) atoms. The number of rotatable bonds is 3. The summed E-state index contributed by atoms with van der Waals surface area (Å²) < 4.78 is 4.80. The molecule has 0 saturated carbocycles. The normalized spacial score (nSPS) is 11.4. The van der Waals surface area contributed by atoms with Crippen molar-refractivity contribution in [3.8, 4) is 6.01 Å². The van der Waals surface area contributed by atoms with E-state index in [-0.39, 0.29) is 0 Å². The van der Waals surface area contributed by atoms with Gasteiger partial charge in [-0.3, -0.25) is 0 Å². The zero-order valence-corrected chi connectivity index (χ0v) is 7.69. The number of aromatic nitrogens is 2. The Kier molecular flexibility index (Phi) is 3.19. The van der Waals surface area contributed by atoms with Crippen LogP contribution in [0.1, 0.15) is 13.3 Å². The second-order valence-electron chi connectivity index (χ2n) is 2.38. The Morgan fingerprint density at radius 3 is 2.62 bits per heavy atom. The van der Waals surface area contributed by atoms with Gasteiger partial charge in [0, 0.05) is 6.42 Å². The van der Waals surface area contributed by atoms with Gasteiger partial charge in [-0.15, -0.1) is 0 Å². The van der Waals surface area contributed by atoms with Crippen molar-refractivity contribution in [1.82, 2.24) is 9.97 Å². The molecule has 0 aliphatic rings. The highest BCUT2D eigenvalue weighted by atomic mass is 16.5. The molecule has 0 aliphatic heterocycles. The van der Waals surface area contributed by atoms with Gasteiger partial charge in [-0.2, -0.15) is 0 Å². The molecule has 0 atom stereocenters. The first kappa shape index (κ1) is 9.44. The van der Waals surface area contributed by atoms with E-state index >= 15 is 0 Å². The summed E-state index contributed by atoms with van der Waals surface area (Å²) >= 11 is 0. The zero-order valence-electron chi connectivity index (χ0n) is 7.69. The van der Waals surface area contributed by atoms with Crippen LogP contribution >= 0.6 is 0 Å². The van der Waals surface area contributed by atoms with E-state index in [1.54, 1.807) is 12.4 Å². The molecule has 0 aliphatic carbocycles. The lowest BCUT2D eigenvalue weighted by Crippen LogP contribution is -2.08. The number of methoxy groups -OCH3 is 1. The fourth-order valence-electron chi connectivity index (χ4n) is 0.717. The number of nitrogens with two attached hydrogens (primary N) is 1. The molecule has 1 aromatic rings. The number of hydrogen-bond donors (Lipinski definition) is 1. The van der Waals surface area contributed by atoms with Gasteiger partial charge in [-0.25, -0.2) is 15.0 Å². The third kappa shape index (κ3) is 2.70. The molecule has 0 fully saturated rings. The molecule has 0 radical (unpaired) electrons. The highest BCUT2D eigenvalue weighted by Crippen LogP contribution is 2.10. The van der Waals surface area contributed by atoms with Crippen LogP contribution in [-0.4, -0.2) is 22.9 Å². The van der Waals surface area contributed by atoms with E-state index in [4.69, 9.17) is 10.5 Å². The Morgan fingerprint density at radius 1 is 1.54 bits per heavy atom. The van der Waals surface area contributed by atoms with Crippen molar-refractivity contribution in [3.63, 3.8) is 0 Å². The molecule has 1 rings (SSSR count). The van der Waals surface area contributed by atoms with Crippen LogP contribution in [0.2, 0.25) is 0 Å². The maximum absolute atomic E-state index is 5.54. The van der Waals surface area contributed by atoms with E-state index in [9.17, 15) is 0 Å². The predicted molar refractivity (Wildman–Crippen MR) is 50.2 cm³/mol. The maximum Gasteiger partial charge on any atom is 0.316 e. The van der Waals surface area contributed by atoms with Crippen LogP contribution in [0.25, 0.3) is 0 Å². The van der Waals surface area contributed by atoms with Gasteiger partial charge < -0.3 is 10.5 Å². The van der Waals surface area contributed by atoms with E-state index in [0.29, 0.717) is 24.0 Å². The van der Waals surface area contributed by atoms with Gasteiger partial charge in [-0.05, 0) is 0 Å². The molecule has 0 amide bonds. The summed E-state index contributed by atoms with van der Waals surface area (Å²) in [5, 5.41) is 0. The van der Waals surface area contributed by atoms with Crippen LogP contribution in [0.5, 0.6) is 6.01 Å². The van der Waals surface area contributed by atoms with Gasteiger partial charge in [0.25, 0.3) is 0 Å². The summed E-state index contributed by atoms with van der Waals surface area (Å²) in [7, 11) is 1.51. The minimum absolute atomic E-state index is 0.328. The molecular formula is C8H12N4O. The topological polar surface area (TPSA) is 73.4 Å². The minimum atomic E-state index is 0.328. The van der Waals surface area contributed by atoms with Crippen molar-refractivity contribution in [2.24, 2.45) is 10.7 Å². The first-order valence-corrected chi connectivity index (χ1v) is 3.95. The number of nitrogens with zero attached hydrogens (tertiary/aromatic N) is 3. The second-order valence-corrected chi connectivity index (χ2v) is 2.38. The van der Waals surface area contributed by atoms with Gasteiger partial charge in [0.15, 0.2) is 0 Å². The fourth-order valence-corrected chi connectivity index (χ4v) is 0.717. The van der Waals surface area contributed by atoms with E-state index in [0.717, 1.165) is 0 Å². The van der Waals surface area contributed by atoms with Crippen molar-refractivity contribution < 1.29 is 4.74 Å². The Morgan fingerprint density at radius 2 is 2.15 bits per heavy atom. The summed E-state index contributed by atoms with van der Waals surface area (Å²) in [6, 6.07) is 0.328. The van der Waals surface area contributed by atoms with Crippen LogP contribution < -0.4 is 10.5 Å². The largest absolute Gasteiger partial charge is 0.467 e. The first-order chi connectivity index (χ1) is 6.26. The lowest BCUT2D eigenvalue weighted by molar-refractivity contribution is 0.380. The molecule has 5 heteroatoms. The van der Waals surface area contributed by atoms with Gasteiger partial charge in [0.2, 0.25) is 0 Å². The smallest absolute Gasteiger partial charge is 0.316 e. The SMILES string of the molecule is CCC(N)=Nc1cnc(OC)nc1. The second kappa shape index (κ2) is 4.39. The van der Waals surface area contributed by atoms with Gasteiger partial charge in [-0.1, -0.05) is 6.92 Å². The molecule has 5 nitrogen and oxygen atoms in total. The molecular weight excluding hydrogens is 168 g/mol. The van der Waals surface area contributed by atoms with Crippen LogP contribution in [0.3, 0.4) is 0 Å². The van der Waals surface area contributed by atoms with Crippen molar-refractivity contribution in [3.05, 3.63) is 12.4 Å². The quantitative estimate of drug-likeness (QED) is 0.553. The maximum atomic E-state index is 5.54. The summed E-state index contributed by atoms with van der Waals surface area (Å²) in [5.74, 6) is 0.564. The predicted octanol–water partition coefficient (Wildman–Crippen LogP) is 0.884. The van der Waals surface area contributed by atoms with Crippen LogP contribution in [0.4, 0.5) is 5.69 Å². The van der Waals surface area contributed by atoms with Crippen molar-refractivity contribution in [1.29, 1.82) is 0 Å². The first-order valence-electron chi connectivity index (χ1n) is 3.95. The number of amidine groups is 1. The van der Waals surface area contributed by atoms with Crippen LogP contribution in [0.15, 0.2) is 17.4 Å². The summed E-state index contributed by atoms with van der Waals surface area (Å²) in [6.07, 6.45) is 3.84. The molecule has 0 unspecified atom stereocenters. The Labute approximate surface area is 76.7 Å². The molecule has 0 saturated heterocycles.